The number of pyridine rings is 1. The fourth-order valence-electron chi connectivity index (χ4n) is 2.80. The fourth-order valence-corrected chi connectivity index (χ4v) is 2.80. The van der Waals surface area contributed by atoms with E-state index in [1.54, 1.807) is 23.1 Å². The monoisotopic (exact) mass is 357 g/mol. The maximum absolute atomic E-state index is 12.3. The van der Waals surface area contributed by atoms with Crippen molar-refractivity contribution in [2.45, 2.75) is 19.8 Å². The molecule has 4 rings (SSSR count). The molecule has 1 N–H and O–H groups in total. The van der Waals surface area contributed by atoms with Crippen molar-refractivity contribution in [2.24, 2.45) is 0 Å². The Hall–Kier alpha value is -3.54. The second-order valence-electron chi connectivity index (χ2n) is 6.63. The third-order valence-electron chi connectivity index (χ3n) is 4.35. The van der Waals surface area contributed by atoms with Gasteiger partial charge in [0.15, 0.2) is 0 Å². The second kappa shape index (κ2) is 6.99. The zero-order valence-corrected chi connectivity index (χ0v) is 15.1. The van der Waals surface area contributed by atoms with Crippen LogP contribution in [0.15, 0.2) is 67.0 Å². The number of anilines is 1. The molecule has 0 bridgehead atoms. The highest BCUT2D eigenvalue weighted by atomic mass is 16.1. The first kappa shape index (κ1) is 16.9. The Morgan fingerprint density at radius 3 is 2.48 bits per heavy atom. The first-order chi connectivity index (χ1) is 13.1. The molecule has 6 heteroatoms. The Morgan fingerprint density at radius 2 is 1.78 bits per heavy atom. The zero-order chi connectivity index (χ0) is 18.8. The van der Waals surface area contributed by atoms with Crippen LogP contribution in [-0.4, -0.2) is 25.9 Å². The van der Waals surface area contributed by atoms with Crippen molar-refractivity contribution < 1.29 is 4.79 Å². The van der Waals surface area contributed by atoms with Gasteiger partial charge in [0.25, 0.3) is 5.91 Å². The van der Waals surface area contributed by atoms with E-state index in [4.69, 9.17) is 0 Å². The number of hydrogen-bond acceptors (Lipinski definition) is 4. The summed E-state index contributed by atoms with van der Waals surface area (Å²) < 4.78 is 0. The number of fused-ring (bicyclic) bond motifs is 1. The van der Waals surface area contributed by atoms with Crippen molar-refractivity contribution in [3.05, 3.63) is 78.1 Å². The van der Waals surface area contributed by atoms with Gasteiger partial charge in [-0.3, -0.25) is 9.78 Å². The van der Waals surface area contributed by atoms with Gasteiger partial charge >= 0.3 is 0 Å². The second-order valence-corrected chi connectivity index (χ2v) is 6.63. The van der Waals surface area contributed by atoms with Crippen LogP contribution in [0.3, 0.4) is 0 Å². The molecular formula is C21H19N5O. The van der Waals surface area contributed by atoms with E-state index in [1.807, 2.05) is 30.3 Å². The first-order valence-electron chi connectivity index (χ1n) is 8.79. The first-order valence-corrected chi connectivity index (χ1v) is 8.79. The molecule has 0 aliphatic carbocycles. The van der Waals surface area contributed by atoms with E-state index in [9.17, 15) is 4.79 Å². The van der Waals surface area contributed by atoms with Gasteiger partial charge in [-0.2, -0.15) is 4.80 Å². The molecule has 4 aromatic rings. The molecule has 0 aliphatic heterocycles. The third kappa shape index (κ3) is 3.55. The van der Waals surface area contributed by atoms with Gasteiger partial charge in [-0.1, -0.05) is 26.0 Å². The molecule has 0 saturated carbocycles. The summed E-state index contributed by atoms with van der Waals surface area (Å²) in [5.41, 5.74) is 4.83. The summed E-state index contributed by atoms with van der Waals surface area (Å²) in [7, 11) is 0. The Kier molecular flexibility index (Phi) is 4.38. The maximum Gasteiger partial charge on any atom is 0.257 e. The van der Waals surface area contributed by atoms with Crippen LogP contribution in [0, 0.1) is 0 Å². The molecule has 0 unspecified atom stereocenters. The van der Waals surface area contributed by atoms with E-state index >= 15 is 0 Å². The van der Waals surface area contributed by atoms with Crippen LogP contribution in [-0.2, 0) is 0 Å². The predicted molar refractivity (Wildman–Crippen MR) is 105 cm³/mol. The molecule has 2 aromatic heterocycles. The van der Waals surface area contributed by atoms with E-state index < -0.39 is 0 Å². The van der Waals surface area contributed by atoms with Gasteiger partial charge in [0.1, 0.15) is 11.0 Å². The maximum atomic E-state index is 12.3. The molecule has 0 saturated heterocycles. The molecule has 0 spiro atoms. The number of nitrogens with one attached hydrogen (secondary N) is 1. The van der Waals surface area contributed by atoms with Crippen LogP contribution < -0.4 is 5.32 Å². The smallest absolute Gasteiger partial charge is 0.257 e. The summed E-state index contributed by atoms with van der Waals surface area (Å²) in [5, 5.41) is 11.9. The highest BCUT2D eigenvalue weighted by Crippen LogP contribution is 2.20. The van der Waals surface area contributed by atoms with E-state index in [1.165, 1.54) is 11.8 Å². The lowest BCUT2D eigenvalue weighted by Gasteiger charge is -2.05. The number of carbonyl (C=O) groups is 1. The Balaban J connectivity index is 1.59. The minimum atomic E-state index is -0.209. The highest BCUT2D eigenvalue weighted by Gasteiger charge is 2.09. The summed E-state index contributed by atoms with van der Waals surface area (Å²) in [4.78, 5) is 17.8. The van der Waals surface area contributed by atoms with Crippen molar-refractivity contribution in [3.8, 4) is 5.69 Å². The topological polar surface area (TPSA) is 72.7 Å². The number of nitrogens with zero attached hydrogens (tertiary/aromatic N) is 4. The number of carbonyl (C=O) groups excluding carboxylic acids is 1. The fraction of sp³-hybridized carbons (Fsp3) is 0.143. The van der Waals surface area contributed by atoms with E-state index in [-0.39, 0.29) is 5.91 Å². The summed E-state index contributed by atoms with van der Waals surface area (Å²) in [6.07, 6.45) is 3.17. The van der Waals surface area contributed by atoms with Crippen LogP contribution in [0.25, 0.3) is 16.7 Å². The van der Waals surface area contributed by atoms with Crippen LogP contribution in [0.4, 0.5) is 5.69 Å². The number of benzene rings is 2. The Bertz CT molecular complexity index is 1080. The van der Waals surface area contributed by atoms with Gasteiger partial charge in [0, 0.05) is 18.1 Å². The molecule has 2 aromatic carbocycles. The minimum Gasteiger partial charge on any atom is -0.322 e. The number of amides is 1. The summed E-state index contributed by atoms with van der Waals surface area (Å²) in [6, 6.07) is 17.1. The van der Waals surface area contributed by atoms with Gasteiger partial charge in [0.2, 0.25) is 0 Å². The largest absolute Gasteiger partial charge is 0.322 e. The lowest BCUT2D eigenvalue weighted by molar-refractivity contribution is 0.102. The number of aromatic nitrogens is 4. The average Bonchev–Trinajstić information content (AvgIpc) is 3.12. The highest BCUT2D eigenvalue weighted by molar-refractivity contribution is 6.04. The van der Waals surface area contributed by atoms with Crippen LogP contribution in [0.1, 0.15) is 35.7 Å². The average molecular weight is 357 g/mol. The van der Waals surface area contributed by atoms with Crippen LogP contribution >= 0.6 is 0 Å². The minimum absolute atomic E-state index is 0.209. The third-order valence-corrected chi connectivity index (χ3v) is 4.35. The quantitative estimate of drug-likeness (QED) is 0.594. The van der Waals surface area contributed by atoms with Crippen molar-refractivity contribution in [1.29, 1.82) is 0 Å². The van der Waals surface area contributed by atoms with Crippen molar-refractivity contribution in [2.75, 3.05) is 5.32 Å². The van der Waals surface area contributed by atoms with Gasteiger partial charge in [-0.05, 0) is 53.9 Å². The standard InChI is InChI=1S/C21H19N5O/c1-14(2)15-5-8-18(9-6-15)26-24-19-10-7-17(12-20(19)25-26)23-21(27)16-4-3-11-22-13-16/h3-14H,1-2H3,(H,23,27). The van der Waals surface area contributed by atoms with Crippen LogP contribution in [0.5, 0.6) is 0 Å². The van der Waals surface area contributed by atoms with E-state index in [0.29, 0.717) is 22.7 Å². The van der Waals surface area contributed by atoms with Gasteiger partial charge < -0.3 is 5.32 Å². The molecule has 134 valence electrons. The van der Waals surface area contributed by atoms with Crippen molar-refractivity contribution in [1.82, 2.24) is 20.0 Å². The summed E-state index contributed by atoms with van der Waals surface area (Å²) in [5.74, 6) is 0.272. The van der Waals surface area contributed by atoms with Crippen molar-refractivity contribution >= 4 is 22.6 Å². The van der Waals surface area contributed by atoms with Crippen LogP contribution in [0.2, 0.25) is 0 Å². The van der Waals surface area contributed by atoms with Crippen molar-refractivity contribution in [3.63, 3.8) is 0 Å². The lowest BCUT2D eigenvalue weighted by atomic mass is 10.0. The Morgan fingerprint density at radius 1 is 1.00 bits per heavy atom. The number of rotatable bonds is 4. The van der Waals surface area contributed by atoms with Gasteiger partial charge in [-0.15, -0.1) is 10.2 Å². The Labute approximate surface area is 156 Å². The van der Waals surface area contributed by atoms with Gasteiger partial charge in [-0.25, -0.2) is 0 Å². The molecule has 6 nitrogen and oxygen atoms in total. The summed E-state index contributed by atoms with van der Waals surface area (Å²) in [6.45, 7) is 4.33. The molecular weight excluding hydrogens is 338 g/mol. The normalized spacial score (nSPS) is 11.1. The molecule has 0 fully saturated rings. The molecule has 0 aliphatic rings. The lowest BCUT2D eigenvalue weighted by Crippen LogP contribution is -2.11. The summed E-state index contributed by atoms with van der Waals surface area (Å²) >= 11 is 0. The molecule has 27 heavy (non-hydrogen) atoms. The van der Waals surface area contributed by atoms with Gasteiger partial charge in [0.05, 0.1) is 11.3 Å². The molecule has 1 amide bonds. The van der Waals surface area contributed by atoms with E-state index in [0.717, 1.165) is 11.2 Å². The molecule has 0 atom stereocenters. The SMILES string of the molecule is CC(C)c1ccc(-n2nc3ccc(NC(=O)c4cccnc4)cc3n2)cc1. The van der Waals surface area contributed by atoms with E-state index in [2.05, 4.69) is 46.5 Å². The molecule has 2 heterocycles. The predicted octanol–water partition coefficient (Wildman–Crippen LogP) is 4.19. The molecule has 0 radical (unpaired) electrons. The number of hydrogen-bond donors (Lipinski definition) is 1. The zero-order valence-electron chi connectivity index (χ0n) is 15.1.